The van der Waals surface area contributed by atoms with Gasteiger partial charge in [-0.05, 0) is 13.0 Å². The Labute approximate surface area is 161 Å². The van der Waals surface area contributed by atoms with Gasteiger partial charge in [-0.1, -0.05) is 48.0 Å². The minimum absolute atomic E-state index is 0.0631. The molecule has 0 aliphatic rings. The molecule has 3 aromatic rings. The van der Waals surface area contributed by atoms with Crippen LogP contribution >= 0.6 is 0 Å². The Morgan fingerprint density at radius 2 is 1.71 bits per heavy atom. The number of aryl methyl sites for hydroxylation is 1. The van der Waals surface area contributed by atoms with Gasteiger partial charge >= 0.3 is 6.55 Å². The van der Waals surface area contributed by atoms with E-state index < -0.39 is 12.5 Å². The molecule has 0 aliphatic carbocycles. The van der Waals surface area contributed by atoms with Crippen LogP contribution in [0.5, 0.6) is 0 Å². The van der Waals surface area contributed by atoms with E-state index in [0.717, 1.165) is 11.8 Å². The van der Waals surface area contributed by atoms with Gasteiger partial charge in [0.15, 0.2) is 5.78 Å². The maximum absolute atomic E-state index is 13.0. The first-order valence-electron chi connectivity index (χ1n) is 8.64. The van der Waals surface area contributed by atoms with E-state index in [9.17, 15) is 18.4 Å². The van der Waals surface area contributed by atoms with E-state index in [0.29, 0.717) is 10.1 Å². The molecule has 5 nitrogen and oxygen atoms in total. The molecule has 0 N–H and O–H groups in total. The van der Waals surface area contributed by atoms with E-state index >= 15 is 0 Å². The zero-order chi connectivity index (χ0) is 20.3. The third-order valence-corrected chi connectivity index (χ3v) is 4.40. The van der Waals surface area contributed by atoms with Crippen LogP contribution < -0.4 is 0 Å². The van der Waals surface area contributed by atoms with Gasteiger partial charge in [0.2, 0.25) is 0 Å². The molecular weight excluding hydrogens is 364 g/mol. The number of hydrogen-bond donors (Lipinski definition) is 0. The second kappa shape index (κ2) is 8.12. The first-order valence-corrected chi connectivity index (χ1v) is 8.64. The Morgan fingerprint density at radius 1 is 1.07 bits per heavy atom. The van der Waals surface area contributed by atoms with E-state index in [2.05, 4.69) is 4.98 Å². The molecule has 0 bridgehead atoms. The molecule has 0 unspecified atom stereocenters. The predicted molar refractivity (Wildman–Crippen MR) is 100 cm³/mol. The molecule has 0 saturated carbocycles. The van der Waals surface area contributed by atoms with Crippen LogP contribution in [-0.2, 0) is 6.54 Å². The van der Waals surface area contributed by atoms with Crippen LogP contribution in [-0.4, -0.2) is 33.2 Å². The second-order valence-corrected chi connectivity index (χ2v) is 6.43. The zero-order valence-corrected chi connectivity index (χ0v) is 15.5. The summed E-state index contributed by atoms with van der Waals surface area (Å²) in [5.74, 6) is -0.653. The first-order chi connectivity index (χ1) is 13.4. The summed E-state index contributed by atoms with van der Waals surface area (Å²) in [5.41, 5.74) is 1.98. The minimum atomic E-state index is -2.74. The fraction of sp³-hybridized carbons (Fsp3) is 0.190. The lowest BCUT2D eigenvalue weighted by atomic mass is 9.97. The van der Waals surface area contributed by atoms with Gasteiger partial charge < -0.3 is 4.90 Å². The Balaban J connectivity index is 1.87. The van der Waals surface area contributed by atoms with Gasteiger partial charge in [-0.3, -0.25) is 14.2 Å². The van der Waals surface area contributed by atoms with Crippen LogP contribution in [0.4, 0.5) is 8.78 Å². The molecule has 7 heteroatoms. The third-order valence-electron chi connectivity index (χ3n) is 4.40. The van der Waals surface area contributed by atoms with Crippen molar-refractivity contribution in [2.24, 2.45) is 0 Å². The largest absolute Gasteiger partial charge is 0.334 e. The monoisotopic (exact) mass is 383 g/mol. The smallest absolute Gasteiger partial charge is 0.319 e. The van der Waals surface area contributed by atoms with Crippen molar-refractivity contribution in [3.63, 3.8) is 0 Å². The summed E-state index contributed by atoms with van der Waals surface area (Å²) in [6, 6.07) is 13.6. The van der Waals surface area contributed by atoms with Crippen molar-refractivity contribution < 1.29 is 18.4 Å². The lowest BCUT2D eigenvalue weighted by Crippen LogP contribution is -2.29. The topological polar surface area (TPSA) is 55.2 Å². The number of benzene rings is 2. The first kappa shape index (κ1) is 19.4. The van der Waals surface area contributed by atoms with Crippen LogP contribution in [0.3, 0.4) is 0 Å². The van der Waals surface area contributed by atoms with Crippen molar-refractivity contribution in [3.05, 3.63) is 89.0 Å². The van der Waals surface area contributed by atoms with E-state index in [1.54, 1.807) is 36.4 Å². The number of hydrogen-bond acceptors (Lipinski definition) is 3. The number of carbonyl (C=O) groups is 2. The van der Waals surface area contributed by atoms with Crippen LogP contribution in [0.1, 0.15) is 44.2 Å². The number of alkyl halides is 2. The normalized spacial score (nSPS) is 10.9. The molecule has 0 radical (unpaired) electrons. The van der Waals surface area contributed by atoms with Crippen molar-refractivity contribution >= 4 is 11.7 Å². The molecule has 1 aromatic heterocycles. The van der Waals surface area contributed by atoms with E-state index in [1.807, 2.05) is 19.1 Å². The van der Waals surface area contributed by atoms with Gasteiger partial charge in [-0.25, -0.2) is 4.98 Å². The van der Waals surface area contributed by atoms with Crippen LogP contribution in [0, 0.1) is 6.92 Å². The summed E-state index contributed by atoms with van der Waals surface area (Å²) in [4.78, 5) is 30.9. The summed E-state index contributed by atoms with van der Waals surface area (Å²) in [7, 11) is 1.49. The number of amides is 1. The highest BCUT2D eigenvalue weighted by Gasteiger charge is 2.22. The number of halogens is 2. The predicted octanol–water partition coefficient (Wildman–Crippen LogP) is 4.09. The Bertz CT molecular complexity index is 997. The van der Waals surface area contributed by atoms with Crippen molar-refractivity contribution in [1.82, 2.24) is 14.5 Å². The van der Waals surface area contributed by atoms with Crippen LogP contribution in [0.2, 0.25) is 0 Å². The molecule has 1 heterocycles. The highest BCUT2D eigenvalue weighted by atomic mass is 19.3. The molecule has 0 spiro atoms. The van der Waals surface area contributed by atoms with Gasteiger partial charge in [0.05, 0.1) is 12.1 Å². The molecule has 3 rings (SSSR count). The summed E-state index contributed by atoms with van der Waals surface area (Å²) >= 11 is 0. The average molecular weight is 383 g/mol. The molecule has 0 saturated heterocycles. The third kappa shape index (κ3) is 3.98. The van der Waals surface area contributed by atoms with E-state index in [-0.39, 0.29) is 29.3 Å². The lowest BCUT2D eigenvalue weighted by Gasteiger charge is -2.19. The Hall–Kier alpha value is -3.35. The Morgan fingerprint density at radius 3 is 2.36 bits per heavy atom. The summed E-state index contributed by atoms with van der Waals surface area (Å²) in [6.45, 7) is -0.927. The number of aromatic nitrogens is 2. The molecule has 1 amide bonds. The van der Waals surface area contributed by atoms with Crippen LogP contribution in [0.25, 0.3) is 0 Å². The van der Waals surface area contributed by atoms with Crippen molar-refractivity contribution in [3.8, 4) is 0 Å². The number of imidazole rings is 1. The standard InChI is InChI=1S/C21H19F2N3O2/c1-14-7-9-15(10-8-14)19(27)16-5-3-4-6-17(16)20(28)25(2)13-18-24-11-12-26(18)21(22)23/h3-12,21H,13H2,1-2H3. The van der Waals surface area contributed by atoms with Crippen LogP contribution in [0.15, 0.2) is 60.9 Å². The van der Waals surface area contributed by atoms with Gasteiger partial charge in [0.1, 0.15) is 5.82 Å². The molecule has 2 aromatic carbocycles. The number of nitrogens with zero attached hydrogens (tertiary/aromatic N) is 3. The SMILES string of the molecule is Cc1ccc(C(=O)c2ccccc2C(=O)N(C)Cc2nccn2C(F)F)cc1. The maximum Gasteiger partial charge on any atom is 0.319 e. The van der Waals surface area contributed by atoms with Crippen molar-refractivity contribution in [2.75, 3.05) is 7.05 Å². The second-order valence-electron chi connectivity index (χ2n) is 6.43. The molecule has 28 heavy (non-hydrogen) atoms. The quantitative estimate of drug-likeness (QED) is 0.603. The van der Waals surface area contributed by atoms with Gasteiger partial charge in [-0.2, -0.15) is 8.78 Å². The molecule has 144 valence electrons. The maximum atomic E-state index is 13.0. The Kier molecular flexibility index (Phi) is 5.63. The zero-order valence-electron chi connectivity index (χ0n) is 15.5. The highest BCUT2D eigenvalue weighted by molar-refractivity contribution is 6.15. The fourth-order valence-corrected chi connectivity index (χ4v) is 2.86. The van der Waals surface area contributed by atoms with Crippen molar-refractivity contribution in [2.45, 2.75) is 20.0 Å². The molecule has 0 aliphatic heterocycles. The van der Waals surface area contributed by atoms with Gasteiger partial charge in [-0.15, -0.1) is 0 Å². The average Bonchev–Trinajstić information content (AvgIpc) is 3.16. The summed E-state index contributed by atoms with van der Waals surface area (Å²) in [6.07, 6.45) is 2.42. The van der Waals surface area contributed by atoms with Crippen molar-refractivity contribution in [1.29, 1.82) is 0 Å². The lowest BCUT2D eigenvalue weighted by molar-refractivity contribution is 0.0612. The molecule has 0 atom stereocenters. The number of ketones is 1. The molecular formula is C21H19F2N3O2. The number of carbonyl (C=O) groups excluding carboxylic acids is 2. The van der Waals surface area contributed by atoms with Gasteiger partial charge in [0.25, 0.3) is 5.91 Å². The minimum Gasteiger partial charge on any atom is -0.334 e. The fourth-order valence-electron chi connectivity index (χ4n) is 2.86. The summed E-state index contributed by atoms with van der Waals surface area (Å²) in [5, 5.41) is 0. The number of rotatable bonds is 6. The molecule has 0 fully saturated rings. The van der Waals surface area contributed by atoms with E-state index in [1.165, 1.54) is 18.1 Å². The van der Waals surface area contributed by atoms with E-state index in [4.69, 9.17) is 0 Å². The highest BCUT2D eigenvalue weighted by Crippen LogP contribution is 2.19. The summed E-state index contributed by atoms with van der Waals surface area (Å²) < 4.78 is 26.7. The van der Waals surface area contributed by atoms with Gasteiger partial charge in [0, 0.05) is 30.6 Å².